The van der Waals surface area contributed by atoms with E-state index in [1.54, 1.807) is 29.8 Å². The molecular weight excluding hydrogens is 381 g/mol. The normalized spacial score (nSPS) is 21.2. The van der Waals surface area contributed by atoms with E-state index in [-0.39, 0.29) is 11.4 Å². The van der Waals surface area contributed by atoms with Crippen LogP contribution in [-0.2, 0) is 13.6 Å². The van der Waals surface area contributed by atoms with Gasteiger partial charge in [-0.2, -0.15) is 5.26 Å². The highest BCUT2D eigenvalue weighted by Gasteiger charge is 2.40. The minimum absolute atomic E-state index is 0.0704. The number of fused-ring (bicyclic) bond motifs is 2. The summed E-state index contributed by atoms with van der Waals surface area (Å²) < 4.78 is 14.7. The van der Waals surface area contributed by atoms with Crippen LogP contribution in [0.3, 0.4) is 0 Å². The Kier molecular flexibility index (Phi) is 4.52. The molecule has 7 heteroatoms. The molecule has 2 saturated heterocycles. The lowest BCUT2D eigenvalue weighted by Gasteiger charge is -2.24. The monoisotopic (exact) mass is 403 g/mol. The van der Waals surface area contributed by atoms with Crippen molar-refractivity contribution in [3.8, 4) is 6.07 Å². The van der Waals surface area contributed by atoms with Crippen molar-refractivity contribution in [2.45, 2.75) is 6.54 Å². The zero-order valence-electron chi connectivity index (χ0n) is 16.8. The molecule has 2 aliphatic rings. The summed E-state index contributed by atoms with van der Waals surface area (Å²) in [6.45, 7) is 4.53. The Balaban J connectivity index is 1.37. The van der Waals surface area contributed by atoms with Gasteiger partial charge in [0.05, 0.1) is 11.2 Å². The smallest absolute Gasteiger partial charge is 0.252 e. The molecule has 5 rings (SSSR count). The van der Waals surface area contributed by atoms with Crippen LogP contribution in [0.4, 0.5) is 10.1 Å². The maximum Gasteiger partial charge on any atom is 0.252 e. The molecule has 0 spiro atoms. The number of hydrogen-bond acceptors (Lipinski definition) is 5. The highest BCUT2D eigenvalue weighted by Crippen LogP contribution is 2.36. The second-order valence-corrected chi connectivity index (χ2v) is 8.35. The molecule has 2 unspecified atom stereocenters. The average Bonchev–Trinajstić information content (AvgIpc) is 3.30. The summed E-state index contributed by atoms with van der Waals surface area (Å²) >= 11 is 0. The first-order valence-electron chi connectivity index (χ1n) is 10.1. The van der Waals surface area contributed by atoms with Crippen LogP contribution in [0.25, 0.3) is 11.0 Å². The summed E-state index contributed by atoms with van der Waals surface area (Å²) in [5.74, 6) is 0.828. The van der Waals surface area contributed by atoms with E-state index >= 15 is 0 Å². The van der Waals surface area contributed by atoms with Gasteiger partial charge in [0.1, 0.15) is 23.1 Å². The number of aryl methyl sites for hydroxylation is 1. The van der Waals surface area contributed by atoms with Crippen molar-refractivity contribution >= 4 is 16.7 Å². The molecule has 2 aliphatic heterocycles. The first-order valence-corrected chi connectivity index (χ1v) is 10.1. The highest BCUT2D eigenvalue weighted by atomic mass is 19.1. The van der Waals surface area contributed by atoms with Crippen LogP contribution in [-0.4, -0.2) is 40.6 Å². The second kappa shape index (κ2) is 7.22. The lowest BCUT2D eigenvalue weighted by atomic mass is 10.0. The Morgan fingerprint density at radius 2 is 1.80 bits per heavy atom. The van der Waals surface area contributed by atoms with Crippen molar-refractivity contribution in [2.24, 2.45) is 18.9 Å². The molecule has 30 heavy (non-hydrogen) atoms. The Hall–Kier alpha value is -3.24. The zero-order chi connectivity index (χ0) is 20.8. The van der Waals surface area contributed by atoms with Crippen LogP contribution >= 0.6 is 0 Å². The van der Waals surface area contributed by atoms with Crippen LogP contribution in [0.5, 0.6) is 0 Å². The predicted molar refractivity (Wildman–Crippen MR) is 113 cm³/mol. The number of rotatable bonds is 3. The van der Waals surface area contributed by atoms with E-state index < -0.39 is 0 Å². The number of hydrogen-bond donors (Lipinski definition) is 0. The second-order valence-electron chi connectivity index (χ2n) is 8.35. The van der Waals surface area contributed by atoms with Gasteiger partial charge in [0.25, 0.3) is 5.56 Å². The number of benzene rings is 1. The fourth-order valence-electron chi connectivity index (χ4n) is 4.88. The highest BCUT2D eigenvalue weighted by molar-refractivity contribution is 5.88. The summed E-state index contributed by atoms with van der Waals surface area (Å²) in [7, 11) is 1.73. The van der Waals surface area contributed by atoms with Crippen LogP contribution in [0.15, 0.2) is 47.3 Å². The summed E-state index contributed by atoms with van der Waals surface area (Å²) in [5, 5.41) is 9.25. The number of aromatic nitrogens is 2. The standard InChI is InChI=1S/C23H22FN5O/c1-27-20-7-6-19(9-25)26-23(20)21(8-22(27)30)29-13-16-11-28(12-17(16)14-29)10-15-2-4-18(24)5-3-15/h2-8,16-17H,10-14H2,1H3. The SMILES string of the molecule is Cn1c(=O)cc(N2CC3CN(Cc4ccc(F)cc4)CC3C2)c2nc(C#N)ccc21. The lowest BCUT2D eigenvalue weighted by molar-refractivity contribution is 0.309. The molecule has 0 radical (unpaired) electrons. The number of likely N-dealkylation sites (tertiary alicyclic amines) is 1. The summed E-state index contributed by atoms with van der Waals surface area (Å²) in [6, 6.07) is 13.9. The first-order chi connectivity index (χ1) is 14.5. The number of nitriles is 1. The predicted octanol–water partition coefficient (Wildman–Crippen LogP) is 2.51. The Morgan fingerprint density at radius 1 is 1.10 bits per heavy atom. The van der Waals surface area contributed by atoms with Crippen LogP contribution in [0.1, 0.15) is 11.3 Å². The van der Waals surface area contributed by atoms with Crippen molar-refractivity contribution in [1.29, 1.82) is 5.26 Å². The quantitative estimate of drug-likeness (QED) is 0.672. The number of anilines is 1. The molecule has 2 aromatic heterocycles. The zero-order valence-corrected chi connectivity index (χ0v) is 16.8. The average molecular weight is 403 g/mol. The number of pyridine rings is 2. The third-order valence-electron chi connectivity index (χ3n) is 6.41. The van der Waals surface area contributed by atoms with Crippen molar-refractivity contribution in [3.63, 3.8) is 0 Å². The summed E-state index contributed by atoms with van der Waals surface area (Å²) in [4.78, 5) is 21.7. The molecule has 3 aromatic rings. The van der Waals surface area contributed by atoms with Gasteiger partial charge in [0.15, 0.2) is 0 Å². The van der Waals surface area contributed by atoms with E-state index in [1.807, 2.05) is 12.1 Å². The molecule has 2 fully saturated rings. The van der Waals surface area contributed by atoms with E-state index in [0.29, 0.717) is 23.0 Å². The largest absolute Gasteiger partial charge is 0.369 e. The molecule has 0 N–H and O–H groups in total. The Morgan fingerprint density at radius 3 is 2.47 bits per heavy atom. The van der Waals surface area contributed by atoms with Gasteiger partial charge in [-0.25, -0.2) is 9.37 Å². The fourth-order valence-corrected chi connectivity index (χ4v) is 4.88. The van der Waals surface area contributed by atoms with Crippen molar-refractivity contribution < 1.29 is 4.39 Å². The maximum atomic E-state index is 13.1. The molecule has 2 atom stereocenters. The van der Waals surface area contributed by atoms with E-state index in [1.165, 1.54) is 12.1 Å². The number of halogens is 1. The molecule has 0 bridgehead atoms. The lowest BCUT2D eigenvalue weighted by Crippen LogP contribution is -2.30. The minimum atomic E-state index is -0.206. The van der Waals surface area contributed by atoms with Gasteiger partial charge >= 0.3 is 0 Å². The molecule has 0 saturated carbocycles. The van der Waals surface area contributed by atoms with Gasteiger partial charge in [0.2, 0.25) is 0 Å². The molecule has 0 amide bonds. The fraction of sp³-hybridized carbons (Fsp3) is 0.348. The van der Waals surface area contributed by atoms with Gasteiger partial charge in [-0.1, -0.05) is 12.1 Å². The third kappa shape index (κ3) is 3.23. The van der Waals surface area contributed by atoms with Gasteiger partial charge in [-0.3, -0.25) is 9.69 Å². The van der Waals surface area contributed by atoms with E-state index in [0.717, 1.165) is 49.5 Å². The Labute approximate surface area is 173 Å². The van der Waals surface area contributed by atoms with Gasteiger partial charge in [-0.15, -0.1) is 0 Å². The van der Waals surface area contributed by atoms with E-state index in [4.69, 9.17) is 0 Å². The van der Waals surface area contributed by atoms with Gasteiger partial charge in [0, 0.05) is 45.8 Å². The van der Waals surface area contributed by atoms with Crippen LogP contribution in [0.2, 0.25) is 0 Å². The van der Waals surface area contributed by atoms with Crippen molar-refractivity contribution in [3.05, 3.63) is 69.9 Å². The Bertz CT molecular complexity index is 1200. The van der Waals surface area contributed by atoms with Crippen LogP contribution in [0, 0.1) is 29.0 Å². The molecule has 152 valence electrons. The molecule has 1 aromatic carbocycles. The first kappa shape index (κ1) is 18.8. The maximum absolute atomic E-state index is 13.1. The molecule has 0 aliphatic carbocycles. The van der Waals surface area contributed by atoms with E-state index in [2.05, 4.69) is 20.9 Å². The van der Waals surface area contributed by atoms with Gasteiger partial charge in [-0.05, 0) is 41.7 Å². The van der Waals surface area contributed by atoms with Gasteiger partial charge < -0.3 is 9.47 Å². The van der Waals surface area contributed by atoms with E-state index in [9.17, 15) is 14.4 Å². The topological polar surface area (TPSA) is 65.2 Å². The third-order valence-corrected chi connectivity index (χ3v) is 6.41. The van der Waals surface area contributed by atoms with Crippen LogP contribution < -0.4 is 10.5 Å². The summed E-state index contributed by atoms with van der Waals surface area (Å²) in [5.41, 5.74) is 3.68. The van der Waals surface area contributed by atoms with Crippen molar-refractivity contribution in [1.82, 2.24) is 14.5 Å². The van der Waals surface area contributed by atoms with Crippen molar-refractivity contribution in [2.75, 3.05) is 31.1 Å². The molecular formula is C23H22FN5O. The molecule has 6 nitrogen and oxygen atoms in total. The molecule has 4 heterocycles. The number of nitrogens with zero attached hydrogens (tertiary/aromatic N) is 5. The minimum Gasteiger partial charge on any atom is -0.369 e. The summed E-state index contributed by atoms with van der Waals surface area (Å²) in [6.07, 6.45) is 0.